The Labute approximate surface area is 134 Å². The van der Waals surface area contributed by atoms with Gasteiger partial charge in [0.2, 0.25) is 5.91 Å². The fourth-order valence-electron chi connectivity index (χ4n) is 1.94. The van der Waals surface area contributed by atoms with Gasteiger partial charge < -0.3 is 10.1 Å². The van der Waals surface area contributed by atoms with Gasteiger partial charge in [-0.15, -0.1) is 10.2 Å². The predicted molar refractivity (Wildman–Crippen MR) is 86.3 cm³/mol. The number of thioether (sulfide) groups is 1. The topological polar surface area (TPSA) is 69.0 Å². The highest BCUT2D eigenvalue weighted by atomic mass is 32.2. The number of hydrogen-bond acceptors (Lipinski definition) is 5. The van der Waals surface area contributed by atoms with Gasteiger partial charge >= 0.3 is 0 Å². The van der Waals surface area contributed by atoms with Crippen LogP contribution in [0.1, 0.15) is 12.5 Å². The van der Waals surface area contributed by atoms with Gasteiger partial charge in [-0.25, -0.2) is 0 Å². The first kappa shape index (κ1) is 16.5. The maximum Gasteiger partial charge on any atom is 0.230 e. The number of ether oxygens (including phenoxy) is 1. The Bertz CT molecular complexity index is 612. The molecule has 6 nitrogen and oxygen atoms in total. The molecule has 0 spiro atoms. The van der Waals surface area contributed by atoms with E-state index in [1.807, 2.05) is 42.7 Å². The molecule has 1 aromatic heterocycles. The Morgan fingerprint density at radius 2 is 2.14 bits per heavy atom. The SMILES string of the molecule is COCC(C)NC(=O)CSc1nncn1-c1ccc(C)cc1. The van der Waals surface area contributed by atoms with Crippen LogP contribution in [0.3, 0.4) is 0 Å². The number of methoxy groups -OCH3 is 1. The molecule has 1 atom stereocenters. The summed E-state index contributed by atoms with van der Waals surface area (Å²) in [7, 11) is 1.61. The number of aryl methyl sites for hydroxylation is 1. The number of hydrogen-bond donors (Lipinski definition) is 1. The molecule has 0 saturated carbocycles. The van der Waals surface area contributed by atoms with Crippen LogP contribution in [0.25, 0.3) is 5.69 Å². The van der Waals surface area contributed by atoms with Crippen molar-refractivity contribution in [2.24, 2.45) is 0 Å². The molecule has 1 aromatic carbocycles. The van der Waals surface area contributed by atoms with Gasteiger partial charge in [0.1, 0.15) is 6.33 Å². The Balaban J connectivity index is 1.96. The molecule has 7 heteroatoms. The van der Waals surface area contributed by atoms with Crippen molar-refractivity contribution in [1.82, 2.24) is 20.1 Å². The lowest BCUT2D eigenvalue weighted by molar-refractivity contribution is -0.119. The predicted octanol–water partition coefficient (Wildman–Crippen LogP) is 1.82. The Hall–Kier alpha value is -1.86. The standard InChI is InChI=1S/C15H20N4O2S/c1-11-4-6-13(7-5-11)19-10-16-18-15(19)22-9-14(20)17-12(2)8-21-3/h4-7,10,12H,8-9H2,1-3H3,(H,17,20). The fraction of sp³-hybridized carbons (Fsp3) is 0.400. The van der Waals surface area contributed by atoms with E-state index in [1.165, 1.54) is 17.3 Å². The monoisotopic (exact) mass is 320 g/mol. The number of carbonyl (C=O) groups is 1. The van der Waals surface area contributed by atoms with Crippen molar-refractivity contribution in [2.45, 2.75) is 25.0 Å². The normalized spacial score (nSPS) is 12.1. The molecule has 0 saturated heterocycles. The van der Waals surface area contributed by atoms with E-state index < -0.39 is 0 Å². The van der Waals surface area contributed by atoms with Crippen LogP contribution in [-0.4, -0.2) is 46.2 Å². The number of nitrogens with one attached hydrogen (secondary N) is 1. The summed E-state index contributed by atoms with van der Waals surface area (Å²) in [6, 6.07) is 8.06. The van der Waals surface area contributed by atoms with Gasteiger partial charge in [0.05, 0.1) is 12.4 Å². The van der Waals surface area contributed by atoms with Gasteiger partial charge in [-0.05, 0) is 26.0 Å². The molecule has 1 N–H and O–H groups in total. The maximum atomic E-state index is 11.9. The number of rotatable bonds is 7. The van der Waals surface area contributed by atoms with Gasteiger partial charge in [-0.2, -0.15) is 0 Å². The van der Waals surface area contributed by atoms with E-state index in [0.29, 0.717) is 17.5 Å². The number of amides is 1. The average Bonchev–Trinajstić information content (AvgIpc) is 2.94. The molecule has 1 unspecified atom stereocenters. The minimum atomic E-state index is -0.0481. The summed E-state index contributed by atoms with van der Waals surface area (Å²) >= 11 is 1.36. The smallest absolute Gasteiger partial charge is 0.230 e. The zero-order valence-electron chi connectivity index (χ0n) is 12.9. The number of nitrogens with zero attached hydrogens (tertiary/aromatic N) is 3. The summed E-state index contributed by atoms with van der Waals surface area (Å²) in [6.45, 7) is 4.44. The highest BCUT2D eigenvalue weighted by Crippen LogP contribution is 2.19. The molecule has 118 valence electrons. The Morgan fingerprint density at radius 3 is 2.82 bits per heavy atom. The lowest BCUT2D eigenvalue weighted by Gasteiger charge is -2.12. The van der Waals surface area contributed by atoms with Crippen LogP contribution in [0.4, 0.5) is 0 Å². The van der Waals surface area contributed by atoms with Crippen molar-refractivity contribution < 1.29 is 9.53 Å². The van der Waals surface area contributed by atoms with Crippen LogP contribution in [0.5, 0.6) is 0 Å². The number of carbonyl (C=O) groups excluding carboxylic acids is 1. The minimum absolute atomic E-state index is 0.00642. The summed E-state index contributed by atoms with van der Waals surface area (Å²) < 4.78 is 6.86. The van der Waals surface area contributed by atoms with Crippen LogP contribution in [0.15, 0.2) is 35.7 Å². The fourth-order valence-corrected chi connectivity index (χ4v) is 2.68. The third kappa shape index (κ3) is 4.57. The van der Waals surface area contributed by atoms with E-state index in [2.05, 4.69) is 15.5 Å². The van der Waals surface area contributed by atoms with Crippen LogP contribution in [0, 0.1) is 6.92 Å². The summed E-state index contributed by atoms with van der Waals surface area (Å²) in [5.74, 6) is 0.242. The molecule has 2 aromatic rings. The molecule has 1 amide bonds. The first-order valence-electron chi connectivity index (χ1n) is 6.98. The molecule has 0 bridgehead atoms. The highest BCUT2D eigenvalue weighted by Gasteiger charge is 2.11. The molecular weight excluding hydrogens is 300 g/mol. The molecule has 0 fully saturated rings. The van der Waals surface area contributed by atoms with Crippen LogP contribution in [0.2, 0.25) is 0 Å². The number of benzene rings is 1. The van der Waals surface area contributed by atoms with Crippen molar-refractivity contribution in [3.63, 3.8) is 0 Å². The summed E-state index contributed by atoms with van der Waals surface area (Å²) in [5, 5.41) is 11.6. The molecule has 0 aliphatic heterocycles. The maximum absolute atomic E-state index is 11.9. The van der Waals surface area contributed by atoms with Gasteiger partial charge in [0.15, 0.2) is 5.16 Å². The first-order chi connectivity index (χ1) is 10.6. The second kappa shape index (κ2) is 7.95. The minimum Gasteiger partial charge on any atom is -0.383 e. The summed E-state index contributed by atoms with van der Waals surface area (Å²) in [6.07, 6.45) is 1.65. The van der Waals surface area contributed by atoms with E-state index in [0.717, 1.165) is 5.69 Å². The van der Waals surface area contributed by atoms with Gasteiger partial charge in [0.25, 0.3) is 0 Å². The van der Waals surface area contributed by atoms with Crippen molar-refractivity contribution in [3.8, 4) is 5.69 Å². The molecule has 22 heavy (non-hydrogen) atoms. The van der Waals surface area contributed by atoms with Gasteiger partial charge in [-0.3, -0.25) is 9.36 Å². The van der Waals surface area contributed by atoms with Crippen LogP contribution in [-0.2, 0) is 9.53 Å². The molecule has 0 radical (unpaired) electrons. The second-order valence-electron chi connectivity index (χ2n) is 5.03. The van der Waals surface area contributed by atoms with Crippen LogP contribution < -0.4 is 5.32 Å². The van der Waals surface area contributed by atoms with Crippen molar-refractivity contribution >= 4 is 17.7 Å². The average molecular weight is 320 g/mol. The Kier molecular flexibility index (Phi) is 5.97. The molecule has 0 aliphatic rings. The van der Waals surface area contributed by atoms with Crippen molar-refractivity contribution in [2.75, 3.05) is 19.5 Å². The van der Waals surface area contributed by atoms with Crippen LogP contribution >= 0.6 is 11.8 Å². The van der Waals surface area contributed by atoms with Crippen molar-refractivity contribution in [1.29, 1.82) is 0 Å². The van der Waals surface area contributed by atoms with Gasteiger partial charge in [0, 0.05) is 18.8 Å². The molecule has 2 rings (SSSR count). The zero-order chi connectivity index (χ0) is 15.9. The van der Waals surface area contributed by atoms with E-state index in [-0.39, 0.29) is 11.9 Å². The second-order valence-corrected chi connectivity index (χ2v) is 5.97. The number of aromatic nitrogens is 3. The zero-order valence-corrected chi connectivity index (χ0v) is 13.8. The third-order valence-corrected chi connectivity index (χ3v) is 3.93. The van der Waals surface area contributed by atoms with E-state index in [4.69, 9.17) is 4.74 Å². The highest BCUT2D eigenvalue weighted by molar-refractivity contribution is 7.99. The van der Waals surface area contributed by atoms with E-state index >= 15 is 0 Å². The largest absolute Gasteiger partial charge is 0.383 e. The molecule has 1 heterocycles. The quantitative estimate of drug-likeness (QED) is 0.788. The summed E-state index contributed by atoms with van der Waals surface area (Å²) in [4.78, 5) is 11.9. The molecule has 0 aliphatic carbocycles. The third-order valence-electron chi connectivity index (χ3n) is 2.99. The van der Waals surface area contributed by atoms with Crippen molar-refractivity contribution in [3.05, 3.63) is 36.2 Å². The Morgan fingerprint density at radius 1 is 1.41 bits per heavy atom. The lowest BCUT2D eigenvalue weighted by Crippen LogP contribution is -2.36. The first-order valence-corrected chi connectivity index (χ1v) is 7.97. The lowest BCUT2D eigenvalue weighted by atomic mass is 10.2. The van der Waals surface area contributed by atoms with E-state index in [9.17, 15) is 4.79 Å². The molecular formula is C15H20N4O2S. The van der Waals surface area contributed by atoms with Gasteiger partial charge in [-0.1, -0.05) is 29.5 Å². The van der Waals surface area contributed by atoms with E-state index in [1.54, 1.807) is 13.4 Å². The summed E-state index contributed by atoms with van der Waals surface area (Å²) in [5.41, 5.74) is 2.17.